The van der Waals surface area contributed by atoms with Crippen LogP contribution in [0.1, 0.15) is 19.3 Å². The molecule has 1 saturated carbocycles. The molecular formula is C9H14O4S. The highest BCUT2D eigenvalue weighted by atomic mass is 32.2. The lowest BCUT2D eigenvalue weighted by Crippen LogP contribution is -2.31. The average molecular weight is 218 g/mol. The van der Waals surface area contributed by atoms with Crippen molar-refractivity contribution in [2.24, 2.45) is 17.8 Å². The number of hydrogen-bond acceptors (Lipinski definition) is 3. The molecule has 1 aliphatic carbocycles. The Kier molecular flexibility index (Phi) is 2.29. The largest absolute Gasteiger partial charge is 0.481 e. The molecule has 0 spiro atoms. The summed E-state index contributed by atoms with van der Waals surface area (Å²) in [5, 5.41) is 8.92. The third kappa shape index (κ3) is 1.65. The maximum absolute atomic E-state index is 11.3. The van der Waals surface area contributed by atoms with Gasteiger partial charge in [0, 0.05) is 0 Å². The molecule has 80 valence electrons. The molecule has 2 unspecified atom stereocenters. The number of aliphatic carboxylic acids is 1. The van der Waals surface area contributed by atoms with Gasteiger partial charge in [-0.3, -0.25) is 4.79 Å². The van der Waals surface area contributed by atoms with E-state index in [-0.39, 0.29) is 17.4 Å². The number of rotatable bonds is 2. The number of carboxylic acids is 1. The molecule has 2 atom stereocenters. The van der Waals surface area contributed by atoms with Crippen molar-refractivity contribution >= 4 is 15.8 Å². The second kappa shape index (κ2) is 3.22. The number of hydrogen-bond donors (Lipinski definition) is 1. The van der Waals surface area contributed by atoms with E-state index in [0.29, 0.717) is 5.92 Å². The van der Waals surface area contributed by atoms with Crippen molar-refractivity contribution < 1.29 is 18.3 Å². The van der Waals surface area contributed by atoms with E-state index in [0.717, 1.165) is 19.3 Å². The molecule has 0 amide bonds. The third-order valence-corrected chi connectivity index (χ3v) is 5.23. The molecule has 14 heavy (non-hydrogen) atoms. The predicted octanol–water partition coefficient (Wildman–Crippen LogP) is 0.532. The summed E-state index contributed by atoms with van der Waals surface area (Å²) in [5.74, 6) is -1.43. The maximum Gasteiger partial charge on any atom is 0.307 e. The Labute approximate surface area is 83.2 Å². The van der Waals surface area contributed by atoms with E-state index in [1.807, 2.05) is 0 Å². The number of carbonyl (C=O) groups is 1. The summed E-state index contributed by atoms with van der Waals surface area (Å²) in [6.45, 7) is 0. The average Bonchev–Trinajstić information content (AvgIpc) is 2.22. The Bertz CT molecular complexity index is 342. The molecule has 1 aliphatic heterocycles. The molecule has 0 aromatic heterocycles. The lowest BCUT2D eigenvalue weighted by atomic mass is 9.72. The molecule has 4 nitrogen and oxygen atoms in total. The van der Waals surface area contributed by atoms with Crippen LogP contribution in [0.4, 0.5) is 0 Å². The van der Waals surface area contributed by atoms with Crippen molar-refractivity contribution in [1.82, 2.24) is 0 Å². The Balaban J connectivity index is 2.17. The highest BCUT2D eigenvalue weighted by Crippen LogP contribution is 2.41. The Hall–Kier alpha value is -0.580. The minimum Gasteiger partial charge on any atom is -0.481 e. The van der Waals surface area contributed by atoms with Crippen LogP contribution in [0.3, 0.4) is 0 Å². The zero-order valence-corrected chi connectivity index (χ0v) is 8.66. The highest BCUT2D eigenvalue weighted by molar-refractivity contribution is 7.91. The van der Waals surface area contributed by atoms with Gasteiger partial charge in [-0.2, -0.15) is 0 Å². The number of sulfone groups is 1. The topological polar surface area (TPSA) is 71.4 Å². The van der Waals surface area contributed by atoms with E-state index < -0.39 is 21.7 Å². The quantitative estimate of drug-likeness (QED) is 0.734. The van der Waals surface area contributed by atoms with Crippen LogP contribution in [0.15, 0.2) is 0 Å². The van der Waals surface area contributed by atoms with Crippen molar-refractivity contribution in [3.8, 4) is 0 Å². The first-order chi connectivity index (χ1) is 6.49. The van der Waals surface area contributed by atoms with E-state index in [2.05, 4.69) is 0 Å². The van der Waals surface area contributed by atoms with Crippen molar-refractivity contribution in [3.05, 3.63) is 0 Å². The fourth-order valence-corrected chi connectivity index (χ4v) is 4.63. The molecule has 1 heterocycles. The van der Waals surface area contributed by atoms with Gasteiger partial charge >= 0.3 is 5.97 Å². The van der Waals surface area contributed by atoms with Crippen LogP contribution in [0, 0.1) is 17.8 Å². The minimum absolute atomic E-state index is 0.0919. The highest BCUT2D eigenvalue weighted by Gasteiger charge is 2.46. The van der Waals surface area contributed by atoms with Gasteiger partial charge < -0.3 is 5.11 Å². The second-order valence-corrected chi connectivity index (χ2v) is 6.53. The van der Waals surface area contributed by atoms with Gasteiger partial charge in [0.05, 0.1) is 17.4 Å². The molecule has 5 heteroatoms. The van der Waals surface area contributed by atoms with E-state index >= 15 is 0 Å². The molecule has 2 fully saturated rings. The van der Waals surface area contributed by atoms with Gasteiger partial charge in [-0.15, -0.1) is 0 Å². The molecule has 0 radical (unpaired) electrons. The smallest absolute Gasteiger partial charge is 0.307 e. The summed E-state index contributed by atoms with van der Waals surface area (Å²) in [6.07, 6.45) is 3.13. The Morgan fingerprint density at radius 2 is 1.86 bits per heavy atom. The summed E-state index contributed by atoms with van der Waals surface area (Å²) >= 11 is 0. The maximum atomic E-state index is 11.3. The van der Waals surface area contributed by atoms with Gasteiger partial charge in [0.15, 0.2) is 9.84 Å². The second-order valence-electron chi connectivity index (χ2n) is 4.38. The third-order valence-electron chi connectivity index (χ3n) is 3.47. The number of carboxylic acid groups (broad SMARTS) is 1. The molecule has 0 bridgehead atoms. The van der Waals surface area contributed by atoms with Crippen molar-refractivity contribution in [1.29, 1.82) is 0 Å². The van der Waals surface area contributed by atoms with Gasteiger partial charge in [0.1, 0.15) is 0 Å². The summed E-state index contributed by atoms with van der Waals surface area (Å²) in [5.41, 5.74) is 0. The zero-order chi connectivity index (χ0) is 10.3. The Morgan fingerprint density at radius 3 is 2.29 bits per heavy atom. The molecular weight excluding hydrogens is 204 g/mol. The molecule has 0 aromatic rings. The van der Waals surface area contributed by atoms with Crippen molar-refractivity contribution in [3.63, 3.8) is 0 Å². The first-order valence-electron chi connectivity index (χ1n) is 4.93. The first kappa shape index (κ1) is 9.96. The fraction of sp³-hybridized carbons (Fsp3) is 0.889. The van der Waals surface area contributed by atoms with Gasteiger partial charge in [0.2, 0.25) is 0 Å². The van der Waals surface area contributed by atoms with Crippen LogP contribution in [-0.2, 0) is 14.6 Å². The van der Waals surface area contributed by atoms with Crippen LogP contribution in [0.2, 0.25) is 0 Å². The van der Waals surface area contributed by atoms with Crippen LogP contribution in [0.25, 0.3) is 0 Å². The van der Waals surface area contributed by atoms with Gasteiger partial charge in [-0.1, -0.05) is 19.3 Å². The molecule has 2 aliphatic rings. The first-order valence-corrected chi connectivity index (χ1v) is 6.75. The molecule has 0 aromatic carbocycles. The SMILES string of the molecule is O=C(O)C1CS(=O)(=O)CC1C1CCC1. The molecule has 1 saturated heterocycles. The zero-order valence-electron chi connectivity index (χ0n) is 7.85. The van der Waals surface area contributed by atoms with Gasteiger partial charge in [-0.25, -0.2) is 8.42 Å². The molecule has 2 rings (SSSR count). The van der Waals surface area contributed by atoms with Gasteiger partial charge in [0.25, 0.3) is 0 Å². The van der Waals surface area contributed by atoms with Crippen LogP contribution in [0.5, 0.6) is 0 Å². The van der Waals surface area contributed by atoms with Crippen LogP contribution >= 0.6 is 0 Å². The Morgan fingerprint density at radius 1 is 1.21 bits per heavy atom. The predicted molar refractivity (Wildman–Crippen MR) is 50.6 cm³/mol. The summed E-state index contributed by atoms with van der Waals surface area (Å²) < 4.78 is 22.7. The van der Waals surface area contributed by atoms with Gasteiger partial charge in [-0.05, 0) is 11.8 Å². The van der Waals surface area contributed by atoms with E-state index in [9.17, 15) is 13.2 Å². The minimum atomic E-state index is -3.09. The molecule has 1 N–H and O–H groups in total. The lowest BCUT2D eigenvalue weighted by Gasteiger charge is -2.32. The fourth-order valence-electron chi connectivity index (χ4n) is 2.46. The van der Waals surface area contributed by atoms with Crippen molar-refractivity contribution in [2.75, 3.05) is 11.5 Å². The van der Waals surface area contributed by atoms with E-state index in [4.69, 9.17) is 5.11 Å². The monoisotopic (exact) mass is 218 g/mol. The van der Waals surface area contributed by atoms with Crippen molar-refractivity contribution in [2.45, 2.75) is 19.3 Å². The summed E-state index contributed by atoms with van der Waals surface area (Å²) in [6, 6.07) is 0. The van der Waals surface area contributed by atoms with Crippen LogP contribution in [-0.4, -0.2) is 31.0 Å². The lowest BCUT2D eigenvalue weighted by molar-refractivity contribution is -0.143. The van der Waals surface area contributed by atoms with E-state index in [1.165, 1.54) is 0 Å². The van der Waals surface area contributed by atoms with Crippen LogP contribution < -0.4 is 0 Å². The normalized spacial score (nSPS) is 36.6. The standard InChI is InChI=1S/C9H14O4S/c10-9(11)8-5-14(12,13)4-7(8)6-2-1-3-6/h6-8H,1-5H2,(H,10,11). The summed E-state index contributed by atoms with van der Waals surface area (Å²) in [7, 11) is -3.09. The summed E-state index contributed by atoms with van der Waals surface area (Å²) in [4.78, 5) is 10.9. The van der Waals surface area contributed by atoms with E-state index in [1.54, 1.807) is 0 Å².